The largest absolute Gasteiger partial charge is 0.309 e. The van der Waals surface area contributed by atoms with Crippen LogP contribution in [0.15, 0.2) is 164 Å². The number of allylic oxidation sites excluding steroid dienone is 2. The molecule has 0 aliphatic heterocycles. The Morgan fingerprint density at radius 2 is 1.12 bits per heavy atom. The zero-order chi connectivity index (χ0) is 38.7. The molecule has 2 atom stereocenters. The minimum atomic E-state index is 0.265. The summed E-state index contributed by atoms with van der Waals surface area (Å²) in [4.78, 5) is 15.7. The van der Waals surface area contributed by atoms with E-state index in [9.17, 15) is 0 Å². The maximum absolute atomic E-state index is 5.33. The Bertz CT molecular complexity index is 3080. The highest BCUT2D eigenvalue weighted by Gasteiger charge is 2.31. The van der Waals surface area contributed by atoms with E-state index < -0.39 is 0 Å². The Balaban J connectivity index is 1.09. The molecule has 5 heteroatoms. The van der Waals surface area contributed by atoms with Crippen LogP contribution >= 0.6 is 0 Å². The average molecular weight is 748 g/mol. The second kappa shape index (κ2) is 13.8. The lowest BCUT2D eigenvalue weighted by atomic mass is 9.82. The summed E-state index contributed by atoms with van der Waals surface area (Å²) >= 11 is 0. The van der Waals surface area contributed by atoms with Gasteiger partial charge in [-0.05, 0) is 89.4 Å². The average Bonchev–Trinajstić information content (AvgIpc) is 3.78. The third-order valence-corrected chi connectivity index (χ3v) is 12.0. The maximum atomic E-state index is 5.33. The van der Waals surface area contributed by atoms with Crippen LogP contribution < -0.4 is 0 Å². The molecule has 6 aromatic carbocycles. The molecule has 0 bridgehead atoms. The molecule has 2 aliphatic carbocycles. The van der Waals surface area contributed by atoms with Gasteiger partial charge in [0.15, 0.2) is 11.6 Å². The van der Waals surface area contributed by atoms with E-state index in [4.69, 9.17) is 15.0 Å². The van der Waals surface area contributed by atoms with Crippen molar-refractivity contribution in [1.82, 2.24) is 24.1 Å². The Morgan fingerprint density at radius 1 is 0.483 bits per heavy atom. The van der Waals surface area contributed by atoms with Crippen LogP contribution in [0.5, 0.6) is 0 Å². The van der Waals surface area contributed by atoms with Gasteiger partial charge in [-0.2, -0.15) is 9.97 Å². The molecule has 3 heterocycles. The molecule has 5 nitrogen and oxygen atoms in total. The molecule has 278 valence electrons. The summed E-state index contributed by atoms with van der Waals surface area (Å²) in [5.41, 5.74) is 15.5. The van der Waals surface area contributed by atoms with Gasteiger partial charge in [-0.3, -0.25) is 4.57 Å². The first-order chi connectivity index (χ1) is 28.6. The van der Waals surface area contributed by atoms with Gasteiger partial charge in [-0.1, -0.05) is 147 Å². The number of benzene rings is 6. The Labute approximate surface area is 338 Å². The lowest BCUT2D eigenvalue weighted by Gasteiger charge is -2.24. The number of aromatic nitrogens is 5. The third-order valence-electron chi connectivity index (χ3n) is 12.0. The Kier molecular flexibility index (Phi) is 8.14. The van der Waals surface area contributed by atoms with Crippen molar-refractivity contribution in [2.24, 2.45) is 11.8 Å². The number of hydrogen-bond donors (Lipinski definition) is 0. The predicted molar refractivity (Wildman–Crippen MR) is 239 cm³/mol. The predicted octanol–water partition coefficient (Wildman–Crippen LogP) is 12.7. The molecular weight excluding hydrogens is 707 g/mol. The van der Waals surface area contributed by atoms with Crippen molar-refractivity contribution >= 4 is 39.5 Å². The molecule has 0 saturated carbocycles. The lowest BCUT2D eigenvalue weighted by Crippen LogP contribution is -2.17. The van der Waals surface area contributed by atoms with E-state index >= 15 is 0 Å². The van der Waals surface area contributed by atoms with Crippen LogP contribution in [0, 0.1) is 11.8 Å². The van der Waals surface area contributed by atoms with Crippen molar-refractivity contribution in [2.45, 2.75) is 26.7 Å². The zero-order valence-corrected chi connectivity index (χ0v) is 32.5. The van der Waals surface area contributed by atoms with E-state index in [0.717, 1.165) is 35.1 Å². The van der Waals surface area contributed by atoms with Gasteiger partial charge in [-0.15, -0.1) is 0 Å². The van der Waals surface area contributed by atoms with Gasteiger partial charge in [0.25, 0.3) is 0 Å². The molecule has 0 fully saturated rings. The molecule has 0 spiro atoms. The van der Waals surface area contributed by atoms with Crippen LogP contribution in [-0.2, 0) is 12.8 Å². The molecule has 9 aromatic rings. The van der Waals surface area contributed by atoms with Gasteiger partial charge >= 0.3 is 0 Å². The summed E-state index contributed by atoms with van der Waals surface area (Å²) in [6, 6.07) is 55.8. The standard InChI is InChI=1S/C53H41N5/c1-34-25-27-43-46-33-44(39-26-28-48-45(32-39)42-23-12-13-24-47(42)57(48)41-21-10-5-11-22-41)35(2)30-50(46)58(49(43)29-34)53-55-51(37-17-8-4-9-18-37)54-52(56-53)40-20-14-19-38(31-40)36-15-6-3-7-16-36/h3-28,31-35H,29-30H2,1-2H3. The fourth-order valence-corrected chi connectivity index (χ4v) is 9.19. The van der Waals surface area contributed by atoms with Gasteiger partial charge in [0, 0.05) is 50.1 Å². The van der Waals surface area contributed by atoms with Crippen molar-refractivity contribution in [3.05, 3.63) is 192 Å². The molecule has 0 amide bonds. The fraction of sp³-hybridized carbons (Fsp3) is 0.113. The van der Waals surface area contributed by atoms with E-state index in [-0.39, 0.29) is 5.92 Å². The van der Waals surface area contributed by atoms with Crippen LogP contribution in [0.1, 0.15) is 41.9 Å². The molecule has 58 heavy (non-hydrogen) atoms. The minimum Gasteiger partial charge on any atom is -0.309 e. The summed E-state index contributed by atoms with van der Waals surface area (Å²) in [6.45, 7) is 4.66. The Morgan fingerprint density at radius 3 is 1.91 bits per heavy atom. The normalized spacial score (nSPS) is 16.0. The van der Waals surface area contributed by atoms with Crippen molar-refractivity contribution in [3.8, 4) is 45.5 Å². The zero-order valence-electron chi connectivity index (χ0n) is 32.5. The third kappa shape index (κ3) is 5.73. The van der Waals surface area contributed by atoms with Crippen LogP contribution in [0.2, 0.25) is 0 Å². The highest BCUT2D eigenvalue weighted by atomic mass is 15.2. The first-order valence-corrected chi connectivity index (χ1v) is 20.3. The van der Waals surface area contributed by atoms with E-state index in [2.05, 4.69) is 181 Å². The quantitative estimate of drug-likeness (QED) is 0.170. The van der Waals surface area contributed by atoms with E-state index in [0.29, 0.717) is 23.5 Å². The van der Waals surface area contributed by atoms with E-state index in [1.807, 2.05) is 18.2 Å². The van der Waals surface area contributed by atoms with E-state index in [1.54, 1.807) is 0 Å². The first-order valence-electron chi connectivity index (χ1n) is 20.3. The molecule has 0 N–H and O–H groups in total. The van der Waals surface area contributed by atoms with Crippen molar-refractivity contribution < 1.29 is 0 Å². The maximum Gasteiger partial charge on any atom is 0.238 e. The van der Waals surface area contributed by atoms with Crippen LogP contribution in [0.3, 0.4) is 0 Å². The van der Waals surface area contributed by atoms with Gasteiger partial charge in [0.05, 0.1) is 11.0 Å². The van der Waals surface area contributed by atoms with Crippen LogP contribution in [-0.4, -0.2) is 24.1 Å². The van der Waals surface area contributed by atoms with Gasteiger partial charge in [-0.25, -0.2) is 4.98 Å². The summed E-state index contributed by atoms with van der Waals surface area (Å²) in [5, 5.41) is 2.54. The second-order valence-corrected chi connectivity index (χ2v) is 15.8. The van der Waals surface area contributed by atoms with Gasteiger partial charge in [0.1, 0.15) is 0 Å². The van der Waals surface area contributed by atoms with Crippen LogP contribution in [0.25, 0.3) is 85.1 Å². The van der Waals surface area contributed by atoms with Crippen LogP contribution in [0.4, 0.5) is 0 Å². The molecule has 3 aromatic heterocycles. The topological polar surface area (TPSA) is 48.5 Å². The number of para-hydroxylation sites is 2. The van der Waals surface area contributed by atoms with Gasteiger partial charge < -0.3 is 4.57 Å². The molecule has 11 rings (SSSR count). The highest BCUT2D eigenvalue weighted by Crippen LogP contribution is 2.44. The summed E-state index contributed by atoms with van der Waals surface area (Å²) in [5.74, 6) is 2.67. The smallest absolute Gasteiger partial charge is 0.238 e. The van der Waals surface area contributed by atoms with Gasteiger partial charge in [0.2, 0.25) is 5.95 Å². The number of fused-ring (bicyclic) bond motifs is 6. The fourth-order valence-electron chi connectivity index (χ4n) is 9.19. The lowest BCUT2D eigenvalue weighted by molar-refractivity contribution is 0.651. The first kappa shape index (κ1) is 34.2. The monoisotopic (exact) mass is 747 g/mol. The van der Waals surface area contributed by atoms with Crippen molar-refractivity contribution in [2.75, 3.05) is 0 Å². The SMILES string of the molecule is CC1C=Cc2c3c(n(-c4nc(-c5ccccc5)nc(-c5cccc(-c6ccccc6)c5)n4)c2C1)CC(C)C(c1ccc2c(c1)c1ccccc1n2-c1ccccc1)=C3. The summed E-state index contributed by atoms with van der Waals surface area (Å²) in [7, 11) is 0. The molecule has 0 saturated heterocycles. The van der Waals surface area contributed by atoms with Crippen molar-refractivity contribution in [3.63, 3.8) is 0 Å². The minimum absolute atomic E-state index is 0.265. The summed E-state index contributed by atoms with van der Waals surface area (Å²) in [6.07, 6.45) is 8.92. The van der Waals surface area contributed by atoms with Crippen molar-refractivity contribution in [1.29, 1.82) is 0 Å². The molecule has 0 radical (unpaired) electrons. The molecular formula is C53H41N5. The van der Waals surface area contributed by atoms with E-state index in [1.165, 1.54) is 61.1 Å². The number of rotatable bonds is 6. The second-order valence-electron chi connectivity index (χ2n) is 15.8. The number of hydrogen-bond acceptors (Lipinski definition) is 3. The molecule has 2 unspecified atom stereocenters. The Hall–Kier alpha value is -7.11. The number of nitrogens with zero attached hydrogens (tertiary/aromatic N) is 5. The molecule has 2 aliphatic rings. The summed E-state index contributed by atoms with van der Waals surface area (Å²) < 4.78 is 4.77. The highest BCUT2D eigenvalue weighted by molar-refractivity contribution is 6.10.